The molecule has 0 saturated carbocycles. The first-order valence-corrected chi connectivity index (χ1v) is 15.8. The van der Waals surface area contributed by atoms with E-state index in [1.807, 2.05) is 0 Å². The van der Waals surface area contributed by atoms with E-state index in [1.165, 1.54) is 101 Å². The number of rotatable bonds is 20. The van der Waals surface area contributed by atoms with Gasteiger partial charge in [-0.05, 0) is 43.2 Å². The second kappa shape index (κ2) is 17.3. The summed E-state index contributed by atoms with van der Waals surface area (Å²) in [6.45, 7) is 8.24. The SMILES string of the molecule is CCCCCCCCCCC[n+]1ccn(C(CCCCCC)C(C)(Cc2ccccc2)c2ccccc2)c1. The van der Waals surface area contributed by atoms with Crippen molar-refractivity contribution < 1.29 is 4.57 Å². The normalized spacial score (nSPS) is 13.9. The number of aryl methyl sites for hydroxylation is 1. The average Bonchev–Trinajstić information content (AvgIpc) is 3.41. The van der Waals surface area contributed by atoms with Crippen LogP contribution < -0.4 is 4.57 Å². The monoisotopic (exact) mass is 515 g/mol. The molecule has 0 saturated heterocycles. The quantitative estimate of drug-likeness (QED) is 0.105. The minimum atomic E-state index is 0.0173. The van der Waals surface area contributed by atoms with E-state index in [-0.39, 0.29) is 5.41 Å². The number of imidazole rings is 1. The molecule has 0 bridgehead atoms. The van der Waals surface area contributed by atoms with Gasteiger partial charge in [0.1, 0.15) is 18.4 Å². The van der Waals surface area contributed by atoms with Crippen LogP contribution in [-0.2, 0) is 18.4 Å². The van der Waals surface area contributed by atoms with E-state index in [9.17, 15) is 0 Å². The number of benzene rings is 2. The molecule has 0 aliphatic carbocycles. The fourth-order valence-electron chi connectivity index (χ4n) is 6.14. The molecule has 0 aliphatic rings. The summed E-state index contributed by atoms with van der Waals surface area (Å²) in [7, 11) is 0. The molecule has 2 nitrogen and oxygen atoms in total. The van der Waals surface area contributed by atoms with Gasteiger partial charge in [-0.2, -0.15) is 0 Å². The Morgan fingerprint density at radius 2 is 1.24 bits per heavy atom. The van der Waals surface area contributed by atoms with Crippen molar-refractivity contribution >= 4 is 0 Å². The molecule has 208 valence electrons. The molecule has 0 amide bonds. The van der Waals surface area contributed by atoms with E-state index in [2.05, 4.69) is 109 Å². The minimum Gasteiger partial charge on any atom is -0.237 e. The molecule has 2 aromatic carbocycles. The molecular formula is C36H55N2+. The first-order valence-electron chi connectivity index (χ1n) is 15.8. The van der Waals surface area contributed by atoms with Gasteiger partial charge < -0.3 is 0 Å². The van der Waals surface area contributed by atoms with Crippen LogP contribution in [0.3, 0.4) is 0 Å². The molecule has 38 heavy (non-hydrogen) atoms. The Morgan fingerprint density at radius 3 is 1.87 bits per heavy atom. The molecule has 0 N–H and O–H groups in total. The molecule has 0 radical (unpaired) electrons. The Labute approximate surface area is 234 Å². The van der Waals surface area contributed by atoms with Crippen LogP contribution in [0.5, 0.6) is 0 Å². The summed E-state index contributed by atoms with van der Waals surface area (Å²) in [4.78, 5) is 0. The zero-order valence-corrected chi connectivity index (χ0v) is 24.8. The Balaban J connectivity index is 1.70. The van der Waals surface area contributed by atoms with Gasteiger partial charge in [0.15, 0.2) is 0 Å². The van der Waals surface area contributed by atoms with Crippen LogP contribution in [0.25, 0.3) is 0 Å². The van der Waals surface area contributed by atoms with Crippen LogP contribution in [0.4, 0.5) is 0 Å². The van der Waals surface area contributed by atoms with Gasteiger partial charge in [0.05, 0.1) is 6.54 Å². The average molecular weight is 516 g/mol. The summed E-state index contributed by atoms with van der Waals surface area (Å²) in [5.74, 6) is 0. The summed E-state index contributed by atoms with van der Waals surface area (Å²) in [5, 5.41) is 0. The van der Waals surface area contributed by atoms with Gasteiger partial charge in [0.2, 0.25) is 6.33 Å². The highest BCUT2D eigenvalue weighted by atomic mass is 15.1. The van der Waals surface area contributed by atoms with E-state index in [4.69, 9.17) is 0 Å². The number of hydrogen-bond donors (Lipinski definition) is 0. The predicted molar refractivity (Wildman–Crippen MR) is 164 cm³/mol. The van der Waals surface area contributed by atoms with E-state index >= 15 is 0 Å². The molecule has 1 aromatic heterocycles. The predicted octanol–water partition coefficient (Wildman–Crippen LogP) is 10.0. The maximum absolute atomic E-state index is 2.55. The van der Waals surface area contributed by atoms with Crippen molar-refractivity contribution in [1.82, 2.24) is 4.57 Å². The smallest absolute Gasteiger partial charge is 0.237 e. The van der Waals surface area contributed by atoms with Crippen molar-refractivity contribution in [2.24, 2.45) is 0 Å². The zero-order valence-electron chi connectivity index (χ0n) is 24.8. The molecular weight excluding hydrogens is 460 g/mol. The topological polar surface area (TPSA) is 8.81 Å². The highest BCUT2D eigenvalue weighted by Gasteiger charge is 2.40. The van der Waals surface area contributed by atoms with Gasteiger partial charge in [-0.25, -0.2) is 9.13 Å². The fourth-order valence-corrected chi connectivity index (χ4v) is 6.14. The van der Waals surface area contributed by atoms with E-state index in [0.29, 0.717) is 6.04 Å². The van der Waals surface area contributed by atoms with Crippen molar-refractivity contribution in [2.45, 2.75) is 135 Å². The molecule has 3 rings (SSSR count). The van der Waals surface area contributed by atoms with Crippen molar-refractivity contribution in [2.75, 3.05) is 0 Å². The van der Waals surface area contributed by atoms with Crippen LogP contribution in [-0.4, -0.2) is 4.57 Å². The van der Waals surface area contributed by atoms with Gasteiger partial charge in [0.25, 0.3) is 0 Å². The maximum Gasteiger partial charge on any atom is 0.244 e. The summed E-state index contributed by atoms with van der Waals surface area (Å²) >= 11 is 0. The number of aromatic nitrogens is 2. The van der Waals surface area contributed by atoms with Crippen molar-refractivity contribution in [1.29, 1.82) is 0 Å². The van der Waals surface area contributed by atoms with Crippen LogP contribution in [0.1, 0.15) is 128 Å². The third kappa shape index (κ3) is 9.75. The summed E-state index contributed by atoms with van der Waals surface area (Å²) in [6.07, 6.45) is 27.0. The Hall–Kier alpha value is -2.35. The molecule has 2 unspecified atom stereocenters. The van der Waals surface area contributed by atoms with E-state index < -0.39 is 0 Å². The molecule has 0 spiro atoms. The zero-order chi connectivity index (χ0) is 26.9. The van der Waals surface area contributed by atoms with E-state index in [1.54, 1.807) is 0 Å². The third-order valence-electron chi connectivity index (χ3n) is 8.51. The number of unbranched alkanes of at least 4 members (excludes halogenated alkanes) is 11. The molecule has 2 atom stereocenters. The van der Waals surface area contributed by atoms with E-state index in [0.717, 1.165) is 13.0 Å². The lowest BCUT2D eigenvalue weighted by atomic mass is 9.70. The summed E-state index contributed by atoms with van der Waals surface area (Å²) < 4.78 is 4.99. The lowest BCUT2D eigenvalue weighted by Gasteiger charge is -2.37. The number of nitrogens with zero attached hydrogens (tertiary/aromatic N) is 2. The molecule has 0 fully saturated rings. The van der Waals surface area contributed by atoms with Gasteiger partial charge in [0, 0.05) is 5.41 Å². The standard InChI is InChI=1S/C36H55N2/c1-4-6-8-10-11-12-13-14-22-28-37-29-30-38(32-37)35(27-21-9-7-5-2)36(3,34-25-19-16-20-26-34)31-33-23-17-15-18-24-33/h15-20,23-26,29-30,32,35H,4-14,21-22,27-28,31H2,1-3H3/q+1. The van der Waals surface area contributed by atoms with Crippen LogP contribution >= 0.6 is 0 Å². The molecule has 3 aromatic rings. The van der Waals surface area contributed by atoms with Crippen molar-refractivity contribution in [3.05, 3.63) is 90.5 Å². The largest absolute Gasteiger partial charge is 0.244 e. The lowest BCUT2D eigenvalue weighted by molar-refractivity contribution is -0.697. The van der Waals surface area contributed by atoms with Crippen LogP contribution in [0, 0.1) is 0 Å². The van der Waals surface area contributed by atoms with Crippen molar-refractivity contribution in [3.8, 4) is 0 Å². The first-order chi connectivity index (χ1) is 18.7. The maximum atomic E-state index is 2.55. The second-order valence-corrected chi connectivity index (χ2v) is 11.7. The lowest BCUT2D eigenvalue weighted by Crippen LogP contribution is -2.38. The second-order valence-electron chi connectivity index (χ2n) is 11.7. The van der Waals surface area contributed by atoms with Crippen molar-refractivity contribution in [3.63, 3.8) is 0 Å². The fraction of sp³-hybridized carbons (Fsp3) is 0.583. The van der Waals surface area contributed by atoms with Crippen LogP contribution in [0.15, 0.2) is 79.4 Å². The Kier molecular flexibility index (Phi) is 13.7. The molecule has 0 aliphatic heterocycles. The van der Waals surface area contributed by atoms with Gasteiger partial charge in [-0.3, -0.25) is 0 Å². The Morgan fingerprint density at radius 1 is 0.684 bits per heavy atom. The van der Waals surface area contributed by atoms with Gasteiger partial charge >= 0.3 is 0 Å². The molecule has 2 heteroatoms. The summed E-state index contributed by atoms with van der Waals surface area (Å²) in [5.41, 5.74) is 2.89. The number of hydrogen-bond acceptors (Lipinski definition) is 0. The Bertz CT molecular complexity index is 977. The summed E-state index contributed by atoms with van der Waals surface area (Å²) in [6, 6.07) is 22.8. The molecule has 1 heterocycles. The van der Waals surface area contributed by atoms with Crippen LogP contribution in [0.2, 0.25) is 0 Å². The first kappa shape index (κ1) is 30.2. The minimum absolute atomic E-state index is 0.0173. The van der Waals surface area contributed by atoms with Gasteiger partial charge in [-0.15, -0.1) is 0 Å². The van der Waals surface area contributed by atoms with Gasteiger partial charge in [-0.1, -0.05) is 146 Å². The third-order valence-corrected chi connectivity index (χ3v) is 8.51. The highest BCUT2D eigenvalue weighted by Crippen LogP contribution is 2.41. The highest BCUT2D eigenvalue weighted by molar-refractivity contribution is 5.30.